The van der Waals surface area contributed by atoms with Crippen LogP contribution < -0.4 is 15.8 Å². The lowest BCUT2D eigenvalue weighted by atomic mass is 9.68. The van der Waals surface area contributed by atoms with E-state index in [9.17, 15) is 4.79 Å². The first kappa shape index (κ1) is 13.9. The van der Waals surface area contributed by atoms with Crippen molar-refractivity contribution in [2.75, 3.05) is 20.2 Å². The summed E-state index contributed by atoms with van der Waals surface area (Å²) < 4.78 is 5.29. The van der Waals surface area contributed by atoms with Crippen molar-refractivity contribution in [3.05, 3.63) is 29.8 Å². The molecule has 1 saturated carbocycles. The van der Waals surface area contributed by atoms with Crippen LogP contribution in [-0.2, 0) is 11.2 Å². The van der Waals surface area contributed by atoms with E-state index < -0.39 is 0 Å². The van der Waals surface area contributed by atoms with Crippen LogP contribution in [0.3, 0.4) is 0 Å². The molecule has 4 nitrogen and oxygen atoms in total. The third kappa shape index (κ3) is 2.89. The van der Waals surface area contributed by atoms with E-state index in [1.165, 1.54) is 0 Å². The number of carbonyl (C=O) groups excluding carboxylic acids is 1. The Morgan fingerprint density at radius 3 is 2.74 bits per heavy atom. The summed E-state index contributed by atoms with van der Waals surface area (Å²) in [6, 6.07) is 7.88. The van der Waals surface area contributed by atoms with Gasteiger partial charge in [-0.2, -0.15) is 0 Å². The summed E-state index contributed by atoms with van der Waals surface area (Å²) in [6.07, 6.45) is 3.72. The monoisotopic (exact) mass is 262 g/mol. The second kappa shape index (κ2) is 6.06. The zero-order chi connectivity index (χ0) is 13.7. The lowest BCUT2D eigenvalue weighted by molar-refractivity contribution is -0.135. The summed E-state index contributed by atoms with van der Waals surface area (Å²) in [5.41, 5.74) is 6.54. The first-order valence-electron chi connectivity index (χ1n) is 6.82. The summed E-state index contributed by atoms with van der Waals surface area (Å²) in [5.74, 6) is 0.977. The van der Waals surface area contributed by atoms with Crippen LogP contribution in [0.4, 0.5) is 0 Å². The minimum Gasteiger partial charge on any atom is -0.496 e. The van der Waals surface area contributed by atoms with E-state index in [4.69, 9.17) is 10.5 Å². The van der Waals surface area contributed by atoms with E-state index in [0.717, 1.165) is 37.0 Å². The van der Waals surface area contributed by atoms with Gasteiger partial charge in [0.15, 0.2) is 0 Å². The third-order valence-corrected chi connectivity index (χ3v) is 4.06. The predicted molar refractivity (Wildman–Crippen MR) is 75.0 cm³/mol. The van der Waals surface area contributed by atoms with E-state index >= 15 is 0 Å². The van der Waals surface area contributed by atoms with Crippen molar-refractivity contribution < 1.29 is 9.53 Å². The first-order chi connectivity index (χ1) is 9.22. The van der Waals surface area contributed by atoms with Crippen LogP contribution in [0, 0.1) is 5.41 Å². The number of nitrogens with one attached hydrogen (secondary N) is 1. The van der Waals surface area contributed by atoms with Crippen LogP contribution in [0.1, 0.15) is 24.8 Å². The SMILES string of the molecule is COc1ccccc1CCNC(=O)C1(CN)CCC1. The lowest BCUT2D eigenvalue weighted by Crippen LogP contribution is -2.50. The first-order valence-corrected chi connectivity index (χ1v) is 6.82. The second-order valence-electron chi connectivity index (χ2n) is 5.16. The van der Waals surface area contributed by atoms with E-state index in [0.29, 0.717) is 13.1 Å². The maximum atomic E-state index is 12.1. The standard InChI is InChI=1S/C15H22N2O2/c1-19-13-6-3-2-5-12(13)7-10-17-14(18)15(11-16)8-4-9-15/h2-3,5-6H,4,7-11,16H2,1H3,(H,17,18). The zero-order valence-corrected chi connectivity index (χ0v) is 11.4. The van der Waals surface area contributed by atoms with Crippen molar-refractivity contribution in [3.63, 3.8) is 0 Å². The fraction of sp³-hybridized carbons (Fsp3) is 0.533. The van der Waals surface area contributed by atoms with E-state index in [1.807, 2.05) is 24.3 Å². The number of methoxy groups -OCH3 is 1. The molecule has 0 radical (unpaired) electrons. The highest BCUT2D eigenvalue weighted by Crippen LogP contribution is 2.39. The molecule has 1 aliphatic carbocycles. The molecule has 0 bridgehead atoms. The van der Waals surface area contributed by atoms with Gasteiger partial charge in [0.05, 0.1) is 12.5 Å². The molecule has 0 aliphatic heterocycles. The maximum absolute atomic E-state index is 12.1. The highest BCUT2D eigenvalue weighted by Gasteiger charge is 2.42. The molecule has 0 saturated heterocycles. The Balaban J connectivity index is 1.85. The summed E-state index contributed by atoms with van der Waals surface area (Å²) in [7, 11) is 1.66. The van der Waals surface area contributed by atoms with Gasteiger partial charge in [-0.25, -0.2) is 0 Å². The summed E-state index contributed by atoms with van der Waals surface area (Å²) >= 11 is 0. The molecule has 0 atom stereocenters. The minimum absolute atomic E-state index is 0.108. The summed E-state index contributed by atoms with van der Waals surface area (Å²) in [5, 5.41) is 3.00. The smallest absolute Gasteiger partial charge is 0.227 e. The van der Waals surface area contributed by atoms with Crippen molar-refractivity contribution in [2.24, 2.45) is 11.1 Å². The number of rotatable bonds is 6. The molecule has 0 heterocycles. The minimum atomic E-state index is -0.291. The molecule has 0 spiro atoms. The van der Waals surface area contributed by atoms with Gasteiger partial charge < -0.3 is 15.8 Å². The lowest BCUT2D eigenvalue weighted by Gasteiger charge is -2.39. The fourth-order valence-corrected chi connectivity index (χ4v) is 2.54. The highest BCUT2D eigenvalue weighted by molar-refractivity contribution is 5.83. The number of para-hydroxylation sites is 1. The van der Waals surface area contributed by atoms with Crippen LogP contribution >= 0.6 is 0 Å². The van der Waals surface area contributed by atoms with Crippen molar-refractivity contribution in [1.29, 1.82) is 0 Å². The average Bonchev–Trinajstić information content (AvgIpc) is 2.38. The maximum Gasteiger partial charge on any atom is 0.227 e. The summed E-state index contributed by atoms with van der Waals surface area (Å²) in [6.45, 7) is 1.08. The van der Waals surface area contributed by atoms with Gasteiger partial charge in [-0.15, -0.1) is 0 Å². The molecule has 1 aromatic rings. The zero-order valence-electron chi connectivity index (χ0n) is 11.4. The van der Waals surface area contributed by atoms with Crippen molar-refractivity contribution in [2.45, 2.75) is 25.7 Å². The molecule has 3 N–H and O–H groups in total. The molecule has 104 valence electrons. The van der Waals surface area contributed by atoms with Crippen molar-refractivity contribution in [1.82, 2.24) is 5.32 Å². The normalized spacial score (nSPS) is 16.5. The number of nitrogens with two attached hydrogens (primary N) is 1. The van der Waals surface area contributed by atoms with E-state index in [-0.39, 0.29) is 11.3 Å². The van der Waals surface area contributed by atoms with Gasteiger partial charge in [-0.05, 0) is 30.9 Å². The Hall–Kier alpha value is -1.55. The fourth-order valence-electron chi connectivity index (χ4n) is 2.54. The van der Waals surface area contributed by atoms with Gasteiger partial charge in [0, 0.05) is 13.1 Å². The predicted octanol–water partition coefficient (Wildman–Crippen LogP) is 1.48. The van der Waals surface area contributed by atoms with Crippen LogP contribution in [0.15, 0.2) is 24.3 Å². The molecule has 0 aromatic heterocycles. The van der Waals surface area contributed by atoms with Gasteiger partial charge in [0.25, 0.3) is 0 Å². The molecule has 1 aromatic carbocycles. The molecule has 4 heteroatoms. The van der Waals surface area contributed by atoms with Crippen LogP contribution in [0.5, 0.6) is 5.75 Å². The third-order valence-electron chi connectivity index (χ3n) is 4.06. The summed E-state index contributed by atoms with van der Waals surface area (Å²) in [4.78, 5) is 12.1. The van der Waals surface area contributed by atoms with Gasteiger partial charge in [-0.1, -0.05) is 24.6 Å². The average molecular weight is 262 g/mol. The highest BCUT2D eigenvalue weighted by atomic mass is 16.5. The Bertz CT molecular complexity index is 436. The number of hydrogen-bond acceptors (Lipinski definition) is 3. The molecule has 1 amide bonds. The molecule has 0 unspecified atom stereocenters. The number of hydrogen-bond donors (Lipinski definition) is 2. The van der Waals surface area contributed by atoms with Gasteiger partial charge in [-0.3, -0.25) is 4.79 Å². The Morgan fingerprint density at radius 1 is 1.42 bits per heavy atom. The van der Waals surface area contributed by atoms with Gasteiger partial charge in [0.2, 0.25) is 5.91 Å². The Labute approximate surface area is 114 Å². The molecular weight excluding hydrogens is 240 g/mol. The van der Waals surface area contributed by atoms with Crippen molar-refractivity contribution >= 4 is 5.91 Å². The Kier molecular flexibility index (Phi) is 4.43. The number of ether oxygens (including phenoxy) is 1. The molecule has 19 heavy (non-hydrogen) atoms. The topological polar surface area (TPSA) is 64.3 Å². The van der Waals surface area contributed by atoms with Crippen LogP contribution in [0.2, 0.25) is 0 Å². The van der Waals surface area contributed by atoms with Gasteiger partial charge >= 0.3 is 0 Å². The van der Waals surface area contributed by atoms with E-state index in [1.54, 1.807) is 7.11 Å². The quantitative estimate of drug-likeness (QED) is 0.816. The molecule has 2 rings (SSSR count). The van der Waals surface area contributed by atoms with Crippen molar-refractivity contribution in [3.8, 4) is 5.75 Å². The van der Waals surface area contributed by atoms with Crippen LogP contribution in [-0.4, -0.2) is 26.1 Å². The molecule has 1 aliphatic rings. The van der Waals surface area contributed by atoms with E-state index in [2.05, 4.69) is 5.32 Å². The number of amides is 1. The van der Waals surface area contributed by atoms with Gasteiger partial charge in [0.1, 0.15) is 5.75 Å². The second-order valence-corrected chi connectivity index (χ2v) is 5.16. The number of carbonyl (C=O) groups is 1. The molecular formula is C15H22N2O2. The largest absolute Gasteiger partial charge is 0.496 e. The Morgan fingerprint density at radius 2 is 2.16 bits per heavy atom. The van der Waals surface area contributed by atoms with Crippen LogP contribution in [0.25, 0.3) is 0 Å². The number of benzene rings is 1. The molecule has 1 fully saturated rings.